The summed E-state index contributed by atoms with van der Waals surface area (Å²) in [7, 11) is 0. The Morgan fingerprint density at radius 2 is 2.12 bits per heavy atom. The van der Waals surface area contributed by atoms with E-state index in [1.807, 2.05) is 12.1 Å². The van der Waals surface area contributed by atoms with Gasteiger partial charge in [0.1, 0.15) is 13.2 Å². The van der Waals surface area contributed by atoms with Gasteiger partial charge in [0.25, 0.3) is 0 Å². The van der Waals surface area contributed by atoms with E-state index in [9.17, 15) is 0 Å². The lowest BCUT2D eigenvalue weighted by molar-refractivity contribution is 0.171. The average Bonchev–Trinajstić information content (AvgIpc) is 2.78. The van der Waals surface area contributed by atoms with E-state index in [4.69, 9.17) is 21.1 Å². The molecule has 1 unspecified atom stereocenters. The number of ether oxygens (including phenoxy) is 2. The molecule has 2 aliphatic rings. The molecule has 0 amide bonds. The van der Waals surface area contributed by atoms with Crippen molar-refractivity contribution in [3.8, 4) is 11.5 Å². The van der Waals surface area contributed by atoms with Crippen LogP contribution >= 0.6 is 11.6 Å². The Morgan fingerprint density at radius 3 is 2.88 bits per heavy atom. The number of halogens is 1. The Kier molecular flexibility index (Phi) is 2.68. The summed E-state index contributed by atoms with van der Waals surface area (Å²) in [6, 6.07) is 4.01. The first-order chi connectivity index (χ1) is 8.21. The number of hydrogen-bond acceptors (Lipinski definition) is 3. The molecule has 1 saturated heterocycles. The monoisotopic (exact) mass is 253 g/mol. The molecule has 0 spiro atoms. The molecule has 0 aliphatic carbocycles. The summed E-state index contributed by atoms with van der Waals surface area (Å²) in [5.74, 6) is 1.46. The van der Waals surface area contributed by atoms with Crippen molar-refractivity contribution in [2.24, 2.45) is 0 Å². The maximum absolute atomic E-state index is 6.45. The second-order valence-corrected chi connectivity index (χ2v) is 5.19. The highest BCUT2D eigenvalue weighted by Gasteiger charge is 2.34. The minimum Gasteiger partial charge on any atom is -0.486 e. The Morgan fingerprint density at radius 1 is 1.29 bits per heavy atom. The van der Waals surface area contributed by atoms with E-state index in [1.54, 1.807) is 0 Å². The van der Waals surface area contributed by atoms with Crippen LogP contribution in [0.5, 0.6) is 11.5 Å². The fourth-order valence-corrected chi connectivity index (χ4v) is 3.05. The lowest BCUT2D eigenvalue weighted by Gasteiger charge is -2.29. The first kappa shape index (κ1) is 11.2. The van der Waals surface area contributed by atoms with Gasteiger partial charge in [-0.15, -0.1) is 0 Å². The van der Waals surface area contributed by atoms with Crippen molar-refractivity contribution in [1.82, 2.24) is 5.32 Å². The smallest absolute Gasteiger partial charge is 0.180 e. The number of nitrogens with one attached hydrogen (secondary N) is 1. The zero-order valence-electron chi connectivity index (χ0n) is 9.88. The molecule has 2 aliphatic heterocycles. The van der Waals surface area contributed by atoms with Crippen LogP contribution in [0.4, 0.5) is 0 Å². The van der Waals surface area contributed by atoms with Crippen molar-refractivity contribution < 1.29 is 9.47 Å². The van der Waals surface area contributed by atoms with Gasteiger partial charge < -0.3 is 14.8 Å². The molecule has 0 radical (unpaired) electrons. The summed E-state index contributed by atoms with van der Waals surface area (Å²) in [4.78, 5) is 0. The van der Waals surface area contributed by atoms with Crippen LogP contribution in [-0.2, 0) is 5.54 Å². The Balaban J connectivity index is 2.06. The van der Waals surface area contributed by atoms with Crippen LogP contribution in [0.15, 0.2) is 12.1 Å². The van der Waals surface area contributed by atoms with Gasteiger partial charge >= 0.3 is 0 Å². The molecule has 1 N–H and O–H groups in total. The lowest BCUT2D eigenvalue weighted by Crippen LogP contribution is -2.33. The van der Waals surface area contributed by atoms with Crippen molar-refractivity contribution >= 4 is 11.6 Å². The first-order valence-electron chi connectivity index (χ1n) is 6.04. The normalized spacial score (nSPS) is 27.2. The molecule has 1 fully saturated rings. The Labute approximate surface area is 106 Å². The maximum atomic E-state index is 6.45. The fourth-order valence-electron chi connectivity index (χ4n) is 2.63. The molecule has 3 nitrogen and oxygen atoms in total. The van der Waals surface area contributed by atoms with E-state index in [0.717, 1.165) is 24.3 Å². The molecule has 1 atom stereocenters. The van der Waals surface area contributed by atoms with Crippen molar-refractivity contribution in [3.05, 3.63) is 22.7 Å². The zero-order chi connectivity index (χ0) is 11.9. The van der Waals surface area contributed by atoms with Gasteiger partial charge in [0.15, 0.2) is 11.5 Å². The van der Waals surface area contributed by atoms with Crippen molar-refractivity contribution in [1.29, 1.82) is 0 Å². The second-order valence-electron chi connectivity index (χ2n) is 4.81. The van der Waals surface area contributed by atoms with E-state index in [0.29, 0.717) is 24.0 Å². The zero-order valence-corrected chi connectivity index (χ0v) is 10.6. The second kappa shape index (κ2) is 4.07. The van der Waals surface area contributed by atoms with E-state index in [2.05, 4.69) is 12.2 Å². The molecule has 0 saturated carbocycles. The van der Waals surface area contributed by atoms with Crippen LogP contribution in [-0.4, -0.2) is 19.8 Å². The summed E-state index contributed by atoms with van der Waals surface area (Å²) < 4.78 is 11.1. The third-order valence-electron chi connectivity index (χ3n) is 3.61. The van der Waals surface area contributed by atoms with E-state index < -0.39 is 0 Å². The van der Waals surface area contributed by atoms with Crippen LogP contribution in [0.3, 0.4) is 0 Å². The predicted octanol–water partition coefficient (Wildman–Crippen LogP) is 2.71. The fraction of sp³-hybridized carbons (Fsp3) is 0.538. The summed E-state index contributed by atoms with van der Waals surface area (Å²) in [6.07, 6.45) is 2.29. The standard InChI is InChI=1S/C13H16ClNO2/c1-13(5-2-6-15-13)9-3-4-10-12(11(9)14)17-8-7-16-10/h3-4,15H,2,5-8H2,1H3. The van der Waals surface area contributed by atoms with Gasteiger partial charge in [0, 0.05) is 5.54 Å². The van der Waals surface area contributed by atoms with E-state index in [1.165, 1.54) is 6.42 Å². The highest BCUT2D eigenvalue weighted by atomic mass is 35.5. The number of fused-ring (bicyclic) bond motifs is 1. The van der Waals surface area contributed by atoms with Crippen molar-refractivity contribution in [2.75, 3.05) is 19.8 Å². The summed E-state index contributed by atoms with van der Waals surface area (Å²) in [5, 5.41) is 4.21. The van der Waals surface area contributed by atoms with Gasteiger partial charge in [-0.3, -0.25) is 0 Å². The third kappa shape index (κ3) is 1.78. The minimum absolute atomic E-state index is 0.0348. The van der Waals surface area contributed by atoms with Gasteiger partial charge in [-0.1, -0.05) is 17.7 Å². The topological polar surface area (TPSA) is 30.5 Å². The number of rotatable bonds is 1. The van der Waals surface area contributed by atoms with Crippen molar-refractivity contribution in [3.63, 3.8) is 0 Å². The van der Waals surface area contributed by atoms with Crippen molar-refractivity contribution in [2.45, 2.75) is 25.3 Å². The number of hydrogen-bond donors (Lipinski definition) is 1. The molecule has 3 rings (SSSR count). The lowest BCUT2D eigenvalue weighted by atomic mass is 9.90. The van der Waals surface area contributed by atoms with Crippen LogP contribution in [0.25, 0.3) is 0 Å². The van der Waals surface area contributed by atoms with E-state index in [-0.39, 0.29) is 5.54 Å². The van der Waals surface area contributed by atoms with Gasteiger partial charge in [-0.05, 0) is 37.9 Å². The van der Waals surface area contributed by atoms with Gasteiger partial charge in [-0.25, -0.2) is 0 Å². The summed E-state index contributed by atoms with van der Waals surface area (Å²) in [5.41, 5.74) is 1.08. The molecule has 4 heteroatoms. The third-order valence-corrected chi connectivity index (χ3v) is 3.99. The van der Waals surface area contributed by atoms with Crippen LogP contribution in [0.1, 0.15) is 25.3 Å². The minimum atomic E-state index is -0.0348. The van der Waals surface area contributed by atoms with Gasteiger partial charge in [0.05, 0.1) is 5.02 Å². The molecule has 0 bridgehead atoms. The molecule has 0 aromatic heterocycles. The Bertz CT molecular complexity index is 441. The van der Waals surface area contributed by atoms with Gasteiger partial charge in [-0.2, -0.15) is 0 Å². The van der Waals surface area contributed by atoms with Crippen LogP contribution in [0, 0.1) is 0 Å². The highest BCUT2D eigenvalue weighted by molar-refractivity contribution is 6.33. The molecule has 1 aromatic carbocycles. The average molecular weight is 254 g/mol. The number of benzene rings is 1. The van der Waals surface area contributed by atoms with Crippen LogP contribution in [0.2, 0.25) is 5.02 Å². The molecule has 92 valence electrons. The SMILES string of the molecule is CC1(c2ccc3c(c2Cl)OCCO3)CCCN1. The first-order valence-corrected chi connectivity index (χ1v) is 6.42. The molecular formula is C13H16ClNO2. The summed E-state index contributed by atoms with van der Waals surface area (Å²) >= 11 is 6.45. The predicted molar refractivity (Wildman–Crippen MR) is 67.0 cm³/mol. The highest BCUT2D eigenvalue weighted by Crippen LogP contribution is 2.44. The molecule has 17 heavy (non-hydrogen) atoms. The quantitative estimate of drug-likeness (QED) is 0.835. The van der Waals surface area contributed by atoms with E-state index >= 15 is 0 Å². The molecule has 1 aromatic rings. The molecule has 2 heterocycles. The van der Waals surface area contributed by atoms with Gasteiger partial charge in [0.2, 0.25) is 0 Å². The molecular weight excluding hydrogens is 238 g/mol. The van der Waals surface area contributed by atoms with Crippen LogP contribution < -0.4 is 14.8 Å². The maximum Gasteiger partial charge on any atom is 0.180 e. The largest absolute Gasteiger partial charge is 0.486 e. The Hall–Kier alpha value is -0.930. The summed E-state index contributed by atoms with van der Waals surface area (Å²) in [6.45, 7) is 4.40.